The number of alkyl halides is 1. The summed E-state index contributed by atoms with van der Waals surface area (Å²) < 4.78 is 38.3. The molecule has 4 heterocycles. The first-order chi connectivity index (χ1) is 18.2. The van der Waals surface area contributed by atoms with Gasteiger partial charge in [0.2, 0.25) is 12.7 Å². The lowest BCUT2D eigenvalue weighted by Gasteiger charge is -2.11. The van der Waals surface area contributed by atoms with Crippen molar-refractivity contribution >= 4 is 23.0 Å². The van der Waals surface area contributed by atoms with E-state index in [0.29, 0.717) is 39.6 Å². The number of nitrogens with two attached hydrogens (primary N) is 1. The van der Waals surface area contributed by atoms with Crippen molar-refractivity contribution in [3.05, 3.63) is 72.7 Å². The van der Waals surface area contributed by atoms with E-state index in [1.54, 1.807) is 22.8 Å². The van der Waals surface area contributed by atoms with E-state index in [1.807, 2.05) is 24.3 Å². The standard InChI is InChI=1S/C25H20FN7O3/c1-15(34)35-13-16-2-5-18(6-3-16)33-24-20(32-25(33)22-23(27)29-11-10-28-22)8-7-19(31-24)17-4-9-21(30-12-17)36-14-26/h2-12H,13-14H2,1H3,(H2,27,29)/i14D2. The van der Waals surface area contributed by atoms with Gasteiger partial charge in [-0.1, -0.05) is 12.1 Å². The number of aromatic nitrogens is 6. The molecule has 0 aliphatic rings. The number of hydrogen-bond donors (Lipinski definition) is 1. The van der Waals surface area contributed by atoms with Crippen LogP contribution in [0.1, 0.15) is 15.2 Å². The Kier molecular flexibility index (Phi) is 5.53. The largest absolute Gasteiger partial charge is 0.461 e. The van der Waals surface area contributed by atoms with E-state index in [1.165, 1.54) is 31.6 Å². The maximum Gasteiger partial charge on any atom is 0.302 e. The van der Waals surface area contributed by atoms with Gasteiger partial charge < -0.3 is 15.2 Å². The fourth-order valence-electron chi connectivity index (χ4n) is 3.60. The molecule has 5 aromatic rings. The Bertz CT molecular complexity index is 1620. The maximum atomic E-state index is 13.2. The number of rotatable bonds is 7. The van der Waals surface area contributed by atoms with Crippen LogP contribution in [-0.4, -0.2) is 42.3 Å². The monoisotopic (exact) mass is 487 g/mol. The number of imidazole rings is 1. The summed E-state index contributed by atoms with van der Waals surface area (Å²) in [7, 11) is 0. The number of ether oxygens (including phenoxy) is 2. The molecular formula is C25H20FN7O3. The van der Waals surface area contributed by atoms with E-state index >= 15 is 0 Å². The number of carbonyl (C=O) groups is 1. The van der Waals surface area contributed by atoms with Crippen molar-refractivity contribution in [1.82, 2.24) is 29.5 Å². The van der Waals surface area contributed by atoms with Crippen LogP contribution < -0.4 is 10.5 Å². The number of halogens is 1. The van der Waals surface area contributed by atoms with Gasteiger partial charge in [-0.2, -0.15) is 0 Å². The molecule has 0 saturated heterocycles. The smallest absolute Gasteiger partial charge is 0.302 e. The molecule has 2 N–H and O–H groups in total. The second-order valence-corrected chi connectivity index (χ2v) is 7.61. The lowest BCUT2D eigenvalue weighted by Crippen LogP contribution is -2.04. The Labute approximate surface area is 207 Å². The lowest BCUT2D eigenvalue weighted by atomic mass is 10.2. The molecule has 11 heteroatoms. The molecule has 1 aromatic carbocycles. The van der Waals surface area contributed by atoms with Crippen molar-refractivity contribution in [3.63, 3.8) is 0 Å². The molecule has 10 nitrogen and oxygen atoms in total. The van der Waals surface area contributed by atoms with Crippen molar-refractivity contribution in [2.24, 2.45) is 0 Å². The minimum absolute atomic E-state index is 0.142. The van der Waals surface area contributed by atoms with Crippen LogP contribution in [0.2, 0.25) is 0 Å². The first kappa shape index (κ1) is 20.4. The fraction of sp³-hybridized carbons (Fsp3) is 0.120. The van der Waals surface area contributed by atoms with E-state index in [0.717, 1.165) is 5.56 Å². The Morgan fingerprint density at radius 1 is 1.06 bits per heavy atom. The van der Waals surface area contributed by atoms with Crippen LogP contribution in [-0.2, 0) is 16.1 Å². The van der Waals surface area contributed by atoms with Gasteiger partial charge in [-0.3, -0.25) is 9.36 Å². The average Bonchev–Trinajstić information content (AvgIpc) is 3.26. The molecule has 0 fully saturated rings. The van der Waals surface area contributed by atoms with E-state index < -0.39 is 6.81 Å². The van der Waals surface area contributed by atoms with Crippen molar-refractivity contribution in [2.45, 2.75) is 13.5 Å². The zero-order valence-electron chi connectivity index (χ0n) is 20.9. The molecule has 5 rings (SSSR count). The predicted octanol–water partition coefficient (Wildman–Crippen LogP) is 3.89. The molecule has 180 valence electrons. The summed E-state index contributed by atoms with van der Waals surface area (Å²) in [5.41, 5.74) is 10.2. The van der Waals surface area contributed by atoms with E-state index in [4.69, 9.17) is 23.2 Å². The molecule has 0 saturated carbocycles. The predicted molar refractivity (Wildman–Crippen MR) is 130 cm³/mol. The summed E-state index contributed by atoms with van der Waals surface area (Å²) in [6, 6.07) is 13.8. The van der Waals surface area contributed by atoms with Gasteiger partial charge in [0.15, 0.2) is 17.3 Å². The highest BCUT2D eigenvalue weighted by molar-refractivity contribution is 5.83. The van der Waals surface area contributed by atoms with E-state index in [9.17, 15) is 9.18 Å². The number of anilines is 1. The Hall–Kier alpha value is -4.93. The normalized spacial score (nSPS) is 12.2. The molecular weight excluding hydrogens is 465 g/mol. The first-order valence-electron chi connectivity index (χ1n) is 11.7. The molecule has 0 spiro atoms. The van der Waals surface area contributed by atoms with Gasteiger partial charge >= 0.3 is 5.97 Å². The van der Waals surface area contributed by atoms with Crippen LogP contribution in [0.25, 0.3) is 39.6 Å². The summed E-state index contributed by atoms with van der Waals surface area (Å²) >= 11 is 0. The van der Waals surface area contributed by atoms with Crippen molar-refractivity contribution in [1.29, 1.82) is 0 Å². The van der Waals surface area contributed by atoms with Crippen molar-refractivity contribution in [3.8, 4) is 34.3 Å². The highest BCUT2D eigenvalue weighted by Crippen LogP contribution is 2.30. The summed E-state index contributed by atoms with van der Waals surface area (Å²) in [5.74, 6) is 0.0456. The summed E-state index contributed by atoms with van der Waals surface area (Å²) in [4.78, 5) is 33.2. The third kappa shape index (κ3) is 4.53. The molecule has 0 amide bonds. The van der Waals surface area contributed by atoms with Crippen LogP contribution in [0.4, 0.5) is 10.2 Å². The minimum atomic E-state index is -3.34. The highest BCUT2D eigenvalue weighted by atomic mass is 19.1. The second kappa shape index (κ2) is 9.74. The molecule has 4 aromatic heterocycles. The topological polar surface area (TPSA) is 131 Å². The number of hydrogen-bond acceptors (Lipinski definition) is 9. The maximum absolute atomic E-state index is 13.2. The first-order valence-corrected chi connectivity index (χ1v) is 10.7. The molecule has 0 unspecified atom stereocenters. The van der Waals surface area contributed by atoms with Gasteiger partial charge in [0.25, 0.3) is 0 Å². The van der Waals surface area contributed by atoms with Gasteiger partial charge in [0, 0.05) is 42.8 Å². The third-order valence-corrected chi connectivity index (χ3v) is 5.25. The van der Waals surface area contributed by atoms with Gasteiger partial charge in [0.05, 0.1) is 5.69 Å². The van der Waals surface area contributed by atoms with Crippen LogP contribution in [0.15, 0.2) is 67.1 Å². The van der Waals surface area contributed by atoms with Gasteiger partial charge in [-0.25, -0.2) is 29.3 Å². The molecule has 0 atom stereocenters. The van der Waals surface area contributed by atoms with Crippen LogP contribution in [0.3, 0.4) is 0 Å². The molecule has 0 aliphatic carbocycles. The third-order valence-electron chi connectivity index (χ3n) is 5.25. The molecule has 0 bridgehead atoms. The average molecular weight is 487 g/mol. The van der Waals surface area contributed by atoms with Crippen LogP contribution >= 0.6 is 0 Å². The zero-order valence-corrected chi connectivity index (χ0v) is 18.9. The van der Waals surface area contributed by atoms with Gasteiger partial charge in [-0.15, -0.1) is 0 Å². The zero-order chi connectivity index (χ0) is 26.9. The highest BCUT2D eigenvalue weighted by Gasteiger charge is 2.20. The van der Waals surface area contributed by atoms with E-state index in [-0.39, 0.29) is 24.3 Å². The van der Waals surface area contributed by atoms with E-state index in [2.05, 4.69) is 19.7 Å². The fourth-order valence-corrected chi connectivity index (χ4v) is 3.60. The summed E-state index contributed by atoms with van der Waals surface area (Å²) in [5, 5.41) is 0. The number of carbonyl (C=O) groups excluding carboxylic acids is 1. The number of benzene rings is 1. The number of fused-ring (bicyclic) bond motifs is 1. The van der Waals surface area contributed by atoms with Crippen LogP contribution in [0.5, 0.6) is 5.88 Å². The minimum Gasteiger partial charge on any atom is -0.461 e. The number of nitrogens with zero attached hydrogens (tertiary/aromatic N) is 6. The van der Waals surface area contributed by atoms with Gasteiger partial charge in [0.1, 0.15) is 20.6 Å². The molecule has 0 aliphatic heterocycles. The van der Waals surface area contributed by atoms with Crippen molar-refractivity contribution in [2.75, 3.05) is 12.5 Å². The summed E-state index contributed by atoms with van der Waals surface area (Å²) in [6.07, 6.45) is 4.41. The Morgan fingerprint density at radius 3 is 2.56 bits per heavy atom. The summed E-state index contributed by atoms with van der Waals surface area (Å²) in [6.45, 7) is -1.85. The van der Waals surface area contributed by atoms with Crippen LogP contribution in [0, 0.1) is 0 Å². The second-order valence-electron chi connectivity index (χ2n) is 7.61. The molecule has 36 heavy (non-hydrogen) atoms. The van der Waals surface area contributed by atoms with Crippen molar-refractivity contribution < 1.29 is 21.4 Å². The quantitative estimate of drug-likeness (QED) is 0.340. The number of esters is 1. The molecule has 0 radical (unpaired) electrons. The number of nitrogen functional groups attached to an aromatic ring is 1. The Morgan fingerprint density at radius 2 is 1.86 bits per heavy atom. The Balaban J connectivity index is 1.61. The SMILES string of the molecule is [2H]C([2H])(F)Oc1ccc(-c2ccc3nc(-c4nccnc4N)n(-c4ccc(COC(C)=O)cc4)c3n2)cn1. The van der Waals surface area contributed by atoms with Gasteiger partial charge in [-0.05, 0) is 35.9 Å². The number of pyridine rings is 2. The lowest BCUT2D eigenvalue weighted by molar-refractivity contribution is -0.142.